The van der Waals surface area contributed by atoms with Gasteiger partial charge in [0.25, 0.3) is 0 Å². The highest BCUT2D eigenvalue weighted by Gasteiger charge is 2.13. The third-order valence-electron chi connectivity index (χ3n) is 3.76. The van der Waals surface area contributed by atoms with Crippen molar-refractivity contribution >= 4 is 11.7 Å². The number of aryl methyl sites for hydroxylation is 1. The van der Waals surface area contributed by atoms with Crippen LogP contribution in [-0.2, 0) is 6.42 Å². The Morgan fingerprint density at radius 3 is 2.64 bits per heavy atom. The van der Waals surface area contributed by atoms with Crippen LogP contribution in [0.5, 0.6) is 5.88 Å². The van der Waals surface area contributed by atoms with Gasteiger partial charge >= 0.3 is 6.03 Å². The molecule has 1 N–H and O–H groups in total. The largest absolute Gasteiger partial charge is 0.473 e. The molecule has 0 aliphatic heterocycles. The quantitative estimate of drug-likeness (QED) is 0.726. The zero-order valence-electron chi connectivity index (χ0n) is 15.2. The van der Waals surface area contributed by atoms with Crippen LogP contribution in [0.25, 0.3) is 0 Å². The van der Waals surface area contributed by atoms with E-state index in [9.17, 15) is 4.79 Å². The van der Waals surface area contributed by atoms with Crippen molar-refractivity contribution in [3.05, 3.63) is 54.2 Å². The number of hydrogen-bond donors (Lipinski definition) is 1. The minimum Gasteiger partial charge on any atom is -0.473 e. The summed E-state index contributed by atoms with van der Waals surface area (Å²) in [6.45, 7) is 4.57. The van der Waals surface area contributed by atoms with Crippen molar-refractivity contribution in [1.82, 2.24) is 9.88 Å². The van der Waals surface area contributed by atoms with Crippen molar-refractivity contribution in [2.45, 2.75) is 39.2 Å². The first-order chi connectivity index (χ1) is 12.1. The van der Waals surface area contributed by atoms with Gasteiger partial charge in [-0.15, -0.1) is 0 Å². The standard InChI is InChI=1S/C20H27N3O2/c1-16(2)25-19-18(13-9-14-21-19)22-20(24)23(3)15-8-7-12-17-10-5-4-6-11-17/h4-6,9-11,13-14,16H,7-8,12,15H2,1-3H3,(H,22,24). The number of hydrogen-bond acceptors (Lipinski definition) is 3. The lowest BCUT2D eigenvalue weighted by Crippen LogP contribution is -2.32. The number of anilines is 1. The summed E-state index contributed by atoms with van der Waals surface area (Å²) in [4.78, 5) is 18.2. The topological polar surface area (TPSA) is 54.5 Å². The summed E-state index contributed by atoms with van der Waals surface area (Å²) in [6, 6.07) is 13.8. The van der Waals surface area contributed by atoms with E-state index in [1.807, 2.05) is 19.9 Å². The number of carbonyl (C=O) groups is 1. The zero-order chi connectivity index (χ0) is 18.1. The predicted molar refractivity (Wildman–Crippen MR) is 101 cm³/mol. The molecule has 0 unspecified atom stereocenters. The van der Waals surface area contributed by atoms with Crippen LogP contribution in [0.4, 0.5) is 10.5 Å². The highest BCUT2D eigenvalue weighted by molar-refractivity contribution is 5.90. The number of amides is 2. The molecule has 134 valence electrons. The van der Waals surface area contributed by atoms with Crippen LogP contribution < -0.4 is 10.1 Å². The fourth-order valence-electron chi connectivity index (χ4n) is 2.44. The Bertz CT molecular complexity index is 659. The molecule has 0 aliphatic carbocycles. The van der Waals surface area contributed by atoms with Crippen LogP contribution in [0.3, 0.4) is 0 Å². The van der Waals surface area contributed by atoms with Gasteiger partial charge in [0, 0.05) is 19.8 Å². The summed E-state index contributed by atoms with van der Waals surface area (Å²) in [6.07, 6.45) is 4.70. The van der Waals surface area contributed by atoms with E-state index in [1.165, 1.54) is 5.56 Å². The maximum atomic E-state index is 12.3. The highest BCUT2D eigenvalue weighted by atomic mass is 16.5. The SMILES string of the molecule is CC(C)Oc1ncccc1NC(=O)N(C)CCCCc1ccccc1. The van der Waals surface area contributed by atoms with Gasteiger partial charge in [-0.3, -0.25) is 0 Å². The number of ether oxygens (including phenoxy) is 1. The molecule has 25 heavy (non-hydrogen) atoms. The molecule has 5 nitrogen and oxygen atoms in total. The van der Waals surface area contributed by atoms with Crippen molar-refractivity contribution in [3.63, 3.8) is 0 Å². The number of nitrogens with one attached hydrogen (secondary N) is 1. The molecule has 2 aromatic rings. The number of pyridine rings is 1. The minimum atomic E-state index is -0.152. The van der Waals surface area contributed by atoms with Crippen molar-refractivity contribution in [1.29, 1.82) is 0 Å². The normalized spacial score (nSPS) is 10.6. The first-order valence-corrected chi connectivity index (χ1v) is 8.74. The van der Waals surface area contributed by atoms with E-state index in [4.69, 9.17) is 4.74 Å². The molecule has 0 saturated heterocycles. The second-order valence-electron chi connectivity index (χ2n) is 6.32. The summed E-state index contributed by atoms with van der Waals surface area (Å²) in [5.74, 6) is 0.448. The van der Waals surface area contributed by atoms with Crippen LogP contribution >= 0.6 is 0 Å². The monoisotopic (exact) mass is 341 g/mol. The number of carbonyl (C=O) groups excluding carboxylic acids is 1. The van der Waals surface area contributed by atoms with E-state index in [1.54, 1.807) is 30.3 Å². The van der Waals surface area contributed by atoms with Gasteiger partial charge < -0.3 is 15.0 Å². The van der Waals surface area contributed by atoms with Crippen molar-refractivity contribution in [2.75, 3.05) is 18.9 Å². The first kappa shape index (κ1) is 18.8. The number of unbranched alkanes of at least 4 members (excludes halogenated alkanes) is 1. The third-order valence-corrected chi connectivity index (χ3v) is 3.76. The zero-order valence-corrected chi connectivity index (χ0v) is 15.2. The van der Waals surface area contributed by atoms with Crippen LogP contribution in [0.2, 0.25) is 0 Å². The molecule has 0 fully saturated rings. The summed E-state index contributed by atoms with van der Waals surface area (Å²) in [5.41, 5.74) is 1.93. The molecule has 1 aromatic heterocycles. The van der Waals surface area contributed by atoms with Gasteiger partial charge in [0.2, 0.25) is 5.88 Å². The molecule has 0 saturated carbocycles. The molecule has 5 heteroatoms. The van der Waals surface area contributed by atoms with Gasteiger partial charge in [-0.25, -0.2) is 9.78 Å². The Balaban J connectivity index is 1.78. The molecule has 2 rings (SSSR count). The molecular weight excluding hydrogens is 314 g/mol. The lowest BCUT2D eigenvalue weighted by atomic mass is 10.1. The second-order valence-corrected chi connectivity index (χ2v) is 6.32. The number of benzene rings is 1. The van der Waals surface area contributed by atoms with Gasteiger partial charge in [-0.1, -0.05) is 30.3 Å². The van der Waals surface area contributed by atoms with Gasteiger partial charge in [-0.2, -0.15) is 0 Å². The Hall–Kier alpha value is -2.56. The summed E-state index contributed by atoms with van der Waals surface area (Å²) < 4.78 is 5.63. The first-order valence-electron chi connectivity index (χ1n) is 8.74. The van der Waals surface area contributed by atoms with Crippen LogP contribution in [0.15, 0.2) is 48.7 Å². The average Bonchev–Trinajstić information content (AvgIpc) is 2.60. The lowest BCUT2D eigenvalue weighted by molar-refractivity contribution is 0.219. The van der Waals surface area contributed by atoms with Gasteiger partial charge in [0.05, 0.1) is 6.10 Å². The van der Waals surface area contributed by atoms with Gasteiger partial charge in [0.15, 0.2) is 0 Å². The lowest BCUT2D eigenvalue weighted by Gasteiger charge is -2.19. The summed E-state index contributed by atoms with van der Waals surface area (Å²) >= 11 is 0. The molecule has 0 radical (unpaired) electrons. The average molecular weight is 341 g/mol. The third kappa shape index (κ3) is 6.45. The molecule has 1 heterocycles. The van der Waals surface area contributed by atoms with E-state index < -0.39 is 0 Å². The number of aromatic nitrogens is 1. The van der Waals surface area contributed by atoms with Crippen LogP contribution in [0, 0.1) is 0 Å². The molecule has 0 spiro atoms. The Kier molecular flexibility index (Phi) is 7.26. The maximum absolute atomic E-state index is 12.3. The van der Waals surface area contributed by atoms with E-state index in [2.05, 4.69) is 34.6 Å². The van der Waals surface area contributed by atoms with Gasteiger partial charge in [0.1, 0.15) is 5.69 Å². The summed E-state index contributed by atoms with van der Waals surface area (Å²) in [7, 11) is 1.80. The van der Waals surface area contributed by atoms with E-state index in [-0.39, 0.29) is 12.1 Å². The van der Waals surface area contributed by atoms with E-state index >= 15 is 0 Å². The molecule has 0 aliphatic rings. The molecule has 2 amide bonds. The molecule has 0 bridgehead atoms. The number of nitrogens with zero attached hydrogens (tertiary/aromatic N) is 2. The predicted octanol–water partition coefficient (Wildman–Crippen LogP) is 4.36. The molecule has 1 aromatic carbocycles. The minimum absolute atomic E-state index is 0.00117. The van der Waals surface area contributed by atoms with E-state index in [0.29, 0.717) is 18.1 Å². The van der Waals surface area contributed by atoms with Crippen molar-refractivity contribution in [3.8, 4) is 5.88 Å². The Morgan fingerprint density at radius 1 is 1.16 bits per heavy atom. The molecular formula is C20H27N3O2. The Morgan fingerprint density at radius 2 is 1.92 bits per heavy atom. The van der Waals surface area contributed by atoms with Crippen molar-refractivity contribution in [2.24, 2.45) is 0 Å². The fourth-order valence-corrected chi connectivity index (χ4v) is 2.44. The van der Waals surface area contributed by atoms with Gasteiger partial charge in [-0.05, 0) is 50.8 Å². The number of urea groups is 1. The van der Waals surface area contributed by atoms with E-state index in [0.717, 1.165) is 19.3 Å². The Labute approximate surface area is 150 Å². The molecule has 0 atom stereocenters. The van der Waals surface area contributed by atoms with Crippen LogP contribution in [-0.4, -0.2) is 35.6 Å². The fraction of sp³-hybridized carbons (Fsp3) is 0.400. The number of rotatable bonds is 8. The second kappa shape index (κ2) is 9.67. The van der Waals surface area contributed by atoms with Crippen molar-refractivity contribution < 1.29 is 9.53 Å². The smallest absolute Gasteiger partial charge is 0.321 e. The summed E-state index contributed by atoms with van der Waals surface area (Å²) in [5, 5.41) is 2.87. The van der Waals surface area contributed by atoms with Crippen LogP contribution in [0.1, 0.15) is 32.3 Å². The maximum Gasteiger partial charge on any atom is 0.321 e. The highest BCUT2D eigenvalue weighted by Crippen LogP contribution is 2.22.